The van der Waals surface area contributed by atoms with E-state index in [9.17, 15) is 10.1 Å². The first-order valence-electron chi connectivity index (χ1n) is 2.80. The van der Waals surface area contributed by atoms with Gasteiger partial charge in [-0.25, -0.2) is 0 Å². The number of nitrogen functional groups attached to an aromatic ring is 1. The van der Waals surface area contributed by atoms with Crippen molar-refractivity contribution in [2.45, 2.75) is 0 Å². The van der Waals surface area contributed by atoms with Crippen molar-refractivity contribution in [3.8, 4) is 0 Å². The van der Waals surface area contributed by atoms with Gasteiger partial charge in [-0.05, 0) is 6.07 Å². The standard InChI is InChI=1S/C5H6N4O2.ClH/c6-8-4-1-2-7-3-5(4)9(10)11;/h1-3H,6H2,(H,7,8);1H. The van der Waals surface area contributed by atoms with Crippen LogP contribution in [0.3, 0.4) is 0 Å². The summed E-state index contributed by atoms with van der Waals surface area (Å²) in [6, 6.07) is 1.43. The fraction of sp³-hybridized carbons (Fsp3) is 0. The Hall–Kier alpha value is -1.40. The maximum Gasteiger partial charge on any atom is 0.311 e. The number of halogens is 1. The van der Waals surface area contributed by atoms with Crippen LogP contribution in [0.4, 0.5) is 11.4 Å². The Morgan fingerprint density at radius 2 is 2.33 bits per heavy atom. The summed E-state index contributed by atoms with van der Waals surface area (Å²) in [6.07, 6.45) is 2.55. The largest absolute Gasteiger partial charge is 0.318 e. The Kier molecular flexibility index (Phi) is 3.95. The molecular weight excluding hydrogens is 184 g/mol. The number of hydrogen-bond donors (Lipinski definition) is 2. The number of nitrogens with one attached hydrogen (secondary N) is 1. The molecule has 0 aliphatic heterocycles. The van der Waals surface area contributed by atoms with E-state index < -0.39 is 4.92 Å². The SMILES string of the molecule is Cl.NNc1ccncc1[N+](=O)[O-]. The number of nitrogens with two attached hydrogens (primary N) is 1. The normalized spacial score (nSPS) is 8.42. The number of pyridine rings is 1. The van der Waals surface area contributed by atoms with Crippen LogP contribution in [-0.2, 0) is 0 Å². The maximum absolute atomic E-state index is 10.3. The molecular formula is C5H7ClN4O2. The summed E-state index contributed by atoms with van der Waals surface area (Å²) < 4.78 is 0. The molecule has 0 aromatic carbocycles. The van der Waals surface area contributed by atoms with Crippen molar-refractivity contribution < 1.29 is 4.92 Å². The van der Waals surface area contributed by atoms with Crippen LogP contribution >= 0.6 is 12.4 Å². The lowest BCUT2D eigenvalue weighted by Crippen LogP contribution is -2.08. The fourth-order valence-corrected chi connectivity index (χ4v) is 0.654. The smallest absolute Gasteiger partial charge is 0.311 e. The molecule has 3 N–H and O–H groups in total. The molecule has 0 atom stereocenters. The first-order valence-corrected chi connectivity index (χ1v) is 2.80. The Balaban J connectivity index is 0.00000121. The van der Waals surface area contributed by atoms with Gasteiger partial charge in [0.25, 0.3) is 0 Å². The van der Waals surface area contributed by atoms with Gasteiger partial charge in [0.2, 0.25) is 0 Å². The van der Waals surface area contributed by atoms with Crippen LogP contribution in [0, 0.1) is 10.1 Å². The van der Waals surface area contributed by atoms with Gasteiger partial charge in [0.15, 0.2) is 0 Å². The molecule has 0 aliphatic rings. The molecule has 1 aromatic heterocycles. The van der Waals surface area contributed by atoms with Gasteiger partial charge in [-0.1, -0.05) is 0 Å². The molecule has 0 bridgehead atoms. The van der Waals surface area contributed by atoms with Gasteiger partial charge in [0.05, 0.1) is 4.92 Å². The van der Waals surface area contributed by atoms with E-state index >= 15 is 0 Å². The molecule has 7 heteroatoms. The third-order valence-electron chi connectivity index (χ3n) is 1.15. The van der Waals surface area contributed by atoms with Crippen molar-refractivity contribution in [2.75, 3.05) is 5.43 Å². The van der Waals surface area contributed by atoms with Crippen LogP contribution in [0.2, 0.25) is 0 Å². The van der Waals surface area contributed by atoms with E-state index in [4.69, 9.17) is 5.84 Å². The van der Waals surface area contributed by atoms with Crippen LogP contribution in [0.1, 0.15) is 0 Å². The minimum Gasteiger partial charge on any atom is -0.318 e. The topological polar surface area (TPSA) is 94.1 Å². The predicted octanol–water partition coefficient (Wildman–Crippen LogP) is 0.697. The number of nitrogens with zero attached hydrogens (tertiary/aromatic N) is 2. The third-order valence-corrected chi connectivity index (χ3v) is 1.15. The van der Waals surface area contributed by atoms with Crippen LogP contribution in [0.5, 0.6) is 0 Å². The van der Waals surface area contributed by atoms with Crippen molar-refractivity contribution in [3.63, 3.8) is 0 Å². The summed E-state index contributed by atoms with van der Waals surface area (Å²) in [5, 5.41) is 10.3. The maximum atomic E-state index is 10.3. The summed E-state index contributed by atoms with van der Waals surface area (Å²) in [7, 11) is 0. The van der Waals surface area contributed by atoms with E-state index in [1.54, 1.807) is 0 Å². The van der Waals surface area contributed by atoms with Gasteiger partial charge in [-0.2, -0.15) is 0 Å². The molecule has 6 nitrogen and oxygen atoms in total. The molecule has 12 heavy (non-hydrogen) atoms. The van der Waals surface area contributed by atoms with E-state index in [0.29, 0.717) is 0 Å². The van der Waals surface area contributed by atoms with E-state index in [1.807, 2.05) is 0 Å². The lowest BCUT2D eigenvalue weighted by molar-refractivity contribution is -0.384. The lowest BCUT2D eigenvalue weighted by Gasteiger charge is -1.98. The minimum absolute atomic E-state index is 0. The molecule has 0 aliphatic carbocycles. The Bertz CT molecular complexity index is 280. The number of hydrogen-bond acceptors (Lipinski definition) is 5. The lowest BCUT2D eigenvalue weighted by atomic mass is 10.4. The molecule has 0 spiro atoms. The van der Waals surface area contributed by atoms with Crippen molar-refractivity contribution in [1.29, 1.82) is 0 Å². The molecule has 0 fully saturated rings. The second kappa shape index (κ2) is 4.47. The molecule has 0 radical (unpaired) electrons. The molecule has 0 saturated carbocycles. The molecule has 1 rings (SSSR count). The highest BCUT2D eigenvalue weighted by molar-refractivity contribution is 5.85. The van der Waals surface area contributed by atoms with Crippen LogP contribution < -0.4 is 11.3 Å². The predicted molar refractivity (Wildman–Crippen MR) is 45.9 cm³/mol. The molecule has 66 valence electrons. The molecule has 0 unspecified atom stereocenters. The summed E-state index contributed by atoms with van der Waals surface area (Å²) in [5.74, 6) is 5.01. The molecule has 1 heterocycles. The van der Waals surface area contributed by atoms with Crippen molar-refractivity contribution in [2.24, 2.45) is 5.84 Å². The summed E-state index contributed by atoms with van der Waals surface area (Å²) >= 11 is 0. The van der Waals surface area contributed by atoms with Gasteiger partial charge in [0.1, 0.15) is 11.9 Å². The van der Waals surface area contributed by atoms with Gasteiger partial charge in [0, 0.05) is 6.20 Å². The fourth-order valence-electron chi connectivity index (χ4n) is 0.654. The van der Waals surface area contributed by atoms with Crippen molar-refractivity contribution in [3.05, 3.63) is 28.6 Å². The van der Waals surface area contributed by atoms with Crippen LogP contribution in [0.15, 0.2) is 18.5 Å². The van der Waals surface area contributed by atoms with E-state index in [-0.39, 0.29) is 23.8 Å². The average molecular weight is 191 g/mol. The highest BCUT2D eigenvalue weighted by Gasteiger charge is 2.10. The number of aromatic nitrogens is 1. The Morgan fingerprint density at radius 1 is 1.67 bits per heavy atom. The molecule has 1 aromatic rings. The zero-order valence-electron chi connectivity index (χ0n) is 5.93. The third kappa shape index (κ3) is 2.04. The first-order chi connectivity index (χ1) is 5.25. The second-order valence-corrected chi connectivity index (χ2v) is 1.79. The Morgan fingerprint density at radius 3 is 2.75 bits per heavy atom. The molecule has 0 saturated heterocycles. The quantitative estimate of drug-likeness (QED) is 0.407. The number of hydrazine groups is 1. The summed E-state index contributed by atoms with van der Waals surface area (Å²) in [4.78, 5) is 13.3. The minimum atomic E-state index is -0.553. The van der Waals surface area contributed by atoms with E-state index in [2.05, 4.69) is 10.4 Å². The zero-order valence-corrected chi connectivity index (χ0v) is 6.75. The van der Waals surface area contributed by atoms with Gasteiger partial charge >= 0.3 is 5.69 Å². The van der Waals surface area contributed by atoms with Gasteiger partial charge in [-0.3, -0.25) is 20.9 Å². The van der Waals surface area contributed by atoms with Crippen LogP contribution in [0.25, 0.3) is 0 Å². The summed E-state index contributed by atoms with van der Waals surface area (Å²) in [5.41, 5.74) is 2.32. The highest BCUT2D eigenvalue weighted by Crippen LogP contribution is 2.19. The monoisotopic (exact) mass is 190 g/mol. The number of rotatable bonds is 2. The van der Waals surface area contributed by atoms with E-state index in [0.717, 1.165) is 6.20 Å². The highest BCUT2D eigenvalue weighted by atomic mass is 35.5. The van der Waals surface area contributed by atoms with Crippen LogP contribution in [-0.4, -0.2) is 9.91 Å². The van der Waals surface area contributed by atoms with Crippen molar-refractivity contribution >= 4 is 23.8 Å². The van der Waals surface area contributed by atoms with Crippen molar-refractivity contribution in [1.82, 2.24) is 4.98 Å². The Labute approximate surface area is 74.3 Å². The second-order valence-electron chi connectivity index (χ2n) is 1.79. The van der Waals surface area contributed by atoms with Gasteiger partial charge in [-0.15, -0.1) is 12.4 Å². The van der Waals surface area contributed by atoms with E-state index in [1.165, 1.54) is 12.3 Å². The first kappa shape index (κ1) is 10.6. The molecule has 0 amide bonds. The van der Waals surface area contributed by atoms with Gasteiger partial charge < -0.3 is 5.43 Å². The number of nitro groups is 1. The zero-order chi connectivity index (χ0) is 8.27. The number of anilines is 1. The summed E-state index contributed by atoms with van der Waals surface area (Å²) in [6.45, 7) is 0. The average Bonchev–Trinajstić information content (AvgIpc) is 2.04.